The maximum Gasteiger partial charge on any atom is 0.247 e. The number of aryl methyl sites for hydroxylation is 1. The van der Waals surface area contributed by atoms with Crippen molar-refractivity contribution in [2.24, 2.45) is 5.92 Å². The first-order chi connectivity index (χ1) is 16.4. The van der Waals surface area contributed by atoms with Gasteiger partial charge in [0.2, 0.25) is 21.8 Å². The Kier molecular flexibility index (Phi) is 6.43. The monoisotopic (exact) mass is 499 g/mol. The average molecular weight is 500 g/mol. The van der Waals surface area contributed by atoms with Gasteiger partial charge in [-0.05, 0) is 55.5 Å². The summed E-state index contributed by atoms with van der Waals surface area (Å²) in [4.78, 5) is 31.1. The lowest BCUT2D eigenvalue weighted by atomic mass is 10.0. The quantitative estimate of drug-likeness (QED) is 0.643. The summed E-state index contributed by atoms with van der Waals surface area (Å²) in [7, 11) is -3.64. The molecular formula is C25H29N3O4S2. The van der Waals surface area contributed by atoms with E-state index in [0.717, 1.165) is 41.8 Å². The summed E-state index contributed by atoms with van der Waals surface area (Å²) >= 11 is 1.53. The van der Waals surface area contributed by atoms with Crippen LogP contribution < -0.4 is 9.80 Å². The zero-order valence-electron chi connectivity index (χ0n) is 19.3. The van der Waals surface area contributed by atoms with Crippen LogP contribution >= 0.6 is 11.8 Å². The normalized spacial score (nSPS) is 21.2. The fraction of sp³-hybridized carbons (Fsp3) is 0.440. The summed E-state index contributed by atoms with van der Waals surface area (Å²) in [5, 5.41) is 0. The summed E-state index contributed by atoms with van der Waals surface area (Å²) in [5.41, 5.74) is 2.54. The highest BCUT2D eigenvalue weighted by Crippen LogP contribution is 2.38. The molecule has 0 unspecified atom stereocenters. The number of carbonyl (C=O) groups excluding carboxylic acids is 2. The minimum absolute atomic E-state index is 0.113. The van der Waals surface area contributed by atoms with Gasteiger partial charge >= 0.3 is 0 Å². The molecule has 0 spiro atoms. The van der Waals surface area contributed by atoms with Crippen molar-refractivity contribution in [3.63, 3.8) is 0 Å². The molecule has 3 aliphatic rings. The lowest BCUT2D eigenvalue weighted by Crippen LogP contribution is -2.46. The maximum atomic E-state index is 13.5. The predicted octanol–water partition coefficient (Wildman–Crippen LogP) is 3.53. The van der Waals surface area contributed by atoms with Crippen molar-refractivity contribution in [3.05, 3.63) is 48.0 Å². The van der Waals surface area contributed by atoms with Gasteiger partial charge in [-0.15, -0.1) is 11.8 Å². The summed E-state index contributed by atoms with van der Waals surface area (Å²) in [6, 6.07) is 12.9. The van der Waals surface area contributed by atoms with E-state index >= 15 is 0 Å². The molecule has 2 amide bonds. The molecule has 3 heterocycles. The molecule has 34 heavy (non-hydrogen) atoms. The number of hydrogen-bond acceptors (Lipinski definition) is 5. The van der Waals surface area contributed by atoms with Gasteiger partial charge in [-0.3, -0.25) is 9.59 Å². The van der Waals surface area contributed by atoms with Crippen LogP contribution in [0.3, 0.4) is 0 Å². The first-order valence-electron chi connectivity index (χ1n) is 11.8. The van der Waals surface area contributed by atoms with E-state index in [1.165, 1.54) is 21.0 Å². The number of rotatable bonds is 4. The van der Waals surface area contributed by atoms with Crippen LogP contribution in [0, 0.1) is 5.92 Å². The fourth-order valence-corrected chi connectivity index (χ4v) is 7.51. The number of anilines is 2. The van der Waals surface area contributed by atoms with Crippen LogP contribution in [0.25, 0.3) is 0 Å². The summed E-state index contributed by atoms with van der Waals surface area (Å²) < 4.78 is 27.9. The molecule has 1 fully saturated rings. The first kappa shape index (κ1) is 23.4. The topological polar surface area (TPSA) is 78.0 Å². The highest BCUT2D eigenvalue weighted by atomic mass is 32.2. The number of hydrogen-bond donors (Lipinski definition) is 0. The Hall–Kier alpha value is -2.36. The van der Waals surface area contributed by atoms with Crippen LogP contribution in [-0.4, -0.2) is 56.5 Å². The molecule has 3 aliphatic heterocycles. The van der Waals surface area contributed by atoms with E-state index in [1.807, 2.05) is 31.2 Å². The average Bonchev–Trinajstić information content (AvgIpc) is 3.37. The van der Waals surface area contributed by atoms with Gasteiger partial charge in [-0.1, -0.05) is 25.1 Å². The molecule has 0 N–H and O–H groups in total. The summed E-state index contributed by atoms with van der Waals surface area (Å²) in [6.45, 7) is 3.38. The molecule has 0 aromatic heterocycles. The van der Waals surface area contributed by atoms with Gasteiger partial charge in [-0.2, -0.15) is 4.31 Å². The molecule has 0 radical (unpaired) electrons. The molecule has 1 saturated heterocycles. The number of para-hydroxylation sites is 1. The fourth-order valence-electron chi connectivity index (χ4n) is 4.92. The van der Waals surface area contributed by atoms with Crippen LogP contribution in [-0.2, 0) is 26.0 Å². The van der Waals surface area contributed by atoms with Gasteiger partial charge < -0.3 is 9.80 Å². The molecule has 9 heteroatoms. The van der Waals surface area contributed by atoms with Crippen molar-refractivity contribution in [1.82, 2.24) is 4.31 Å². The van der Waals surface area contributed by atoms with Crippen LogP contribution in [0.2, 0.25) is 0 Å². The molecule has 0 aliphatic carbocycles. The smallest absolute Gasteiger partial charge is 0.247 e. The molecule has 2 aromatic rings. The Balaban J connectivity index is 1.50. The Morgan fingerprint density at radius 1 is 1.03 bits per heavy atom. The van der Waals surface area contributed by atoms with E-state index in [1.54, 1.807) is 23.1 Å². The molecule has 180 valence electrons. The molecule has 0 saturated carbocycles. The largest absolute Gasteiger partial charge is 0.311 e. The van der Waals surface area contributed by atoms with Crippen molar-refractivity contribution >= 4 is 45.0 Å². The van der Waals surface area contributed by atoms with E-state index in [2.05, 4.69) is 0 Å². The first-order valence-corrected chi connectivity index (χ1v) is 14.3. The van der Waals surface area contributed by atoms with E-state index in [-0.39, 0.29) is 29.2 Å². The Morgan fingerprint density at radius 2 is 1.79 bits per heavy atom. The number of nitrogens with zero attached hydrogens (tertiary/aromatic N) is 3. The van der Waals surface area contributed by atoms with Crippen molar-refractivity contribution in [3.8, 4) is 0 Å². The van der Waals surface area contributed by atoms with E-state index < -0.39 is 10.0 Å². The number of carbonyl (C=O) groups is 2. The third-order valence-corrected chi connectivity index (χ3v) is 10.0. The number of sulfonamides is 1. The minimum Gasteiger partial charge on any atom is -0.311 e. The van der Waals surface area contributed by atoms with Gasteiger partial charge in [0.1, 0.15) is 6.54 Å². The van der Waals surface area contributed by atoms with Crippen molar-refractivity contribution < 1.29 is 18.0 Å². The predicted molar refractivity (Wildman–Crippen MR) is 134 cm³/mol. The lowest BCUT2D eigenvalue weighted by molar-refractivity contribution is -0.124. The minimum atomic E-state index is -3.64. The maximum absolute atomic E-state index is 13.5. The van der Waals surface area contributed by atoms with Gasteiger partial charge in [0, 0.05) is 41.9 Å². The van der Waals surface area contributed by atoms with Crippen LogP contribution in [0.1, 0.15) is 31.7 Å². The zero-order valence-corrected chi connectivity index (χ0v) is 20.9. The van der Waals surface area contributed by atoms with Gasteiger partial charge in [0.15, 0.2) is 0 Å². The molecule has 5 rings (SSSR count). The molecule has 7 nitrogen and oxygen atoms in total. The summed E-state index contributed by atoms with van der Waals surface area (Å²) in [5.74, 6) is -0.00200. The van der Waals surface area contributed by atoms with Crippen molar-refractivity contribution in [2.75, 3.05) is 41.7 Å². The van der Waals surface area contributed by atoms with Crippen molar-refractivity contribution in [2.45, 2.75) is 42.4 Å². The third kappa shape index (κ3) is 4.25. The second-order valence-electron chi connectivity index (χ2n) is 9.15. The van der Waals surface area contributed by atoms with Gasteiger partial charge in [-0.25, -0.2) is 8.42 Å². The van der Waals surface area contributed by atoms with Gasteiger partial charge in [0.05, 0.1) is 10.6 Å². The Bertz CT molecular complexity index is 1220. The number of fused-ring (bicyclic) bond motifs is 2. The number of amides is 2. The van der Waals surface area contributed by atoms with E-state index in [9.17, 15) is 18.0 Å². The molecular weight excluding hydrogens is 470 g/mol. The van der Waals surface area contributed by atoms with Gasteiger partial charge in [0.25, 0.3) is 0 Å². The summed E-state index contributed by atoms with van der Waals surface area (Å²) in [6.07, 6.45) is 3.51. The second-order valence-corrected chi connectivity index (χ2v) is 12.2. The van der Waals surface area contributed by atoms with Crippen LogP contribution in [0.5, 0.6) is 0 Å². The van der Waals surface area contributed by atoms with E-state index in [0.29, 0.717) is 31.1 Å². The highest BCUT2D eigenvalue weighted by molar-refractivity contribution is 7.99. The highest BCUT2D eigenvalue weighted by Gasteiger charge is 2.34. The Morgan fingerprint density at radius 3 is 2.59 bits per heavy atom. The molecule has 2 aromatic carbocycles. The van der Waals surface area contributed by atoms with Crippen molar-refractivity contribution in [1.29, 1.82) is 0 Å². The van der Waals surface area contributed by atoms with Crippen LogP contribution in [0.4, 0.5) is 11.4 Å². The number of benzene rings is 2. The number of thioether (sulfide) groups is 1. The Labute approximate surface area is 205 Å². The molecule has 1 atom stereocenters. The SMILES string of the molecule is C[C@H]1CSc2ccc(S(=O)(=O)N3CCCC3)cc2N(CC(=O)N2CCCc3ccccc32)C1=O. The zero-order chi connectivity index (χ0) is 23.9. The van der Waals surface area contributed by atoms with Crippen LogP contribution in [0.15, 0.2) is 52.3 Å². The molecule has 0 bridgehead atoms. The standard InChI is InChI=1S/C25H29N3O4S2/c1-18-17-33-23-11-10-20(34(31,32)26-12-4-5-13-26)15-22(23)28(25(18)30)16-24(29)27-14-6-8-19-7-2-3-9-21(19)27/h2-3,7,9-11,15,18H,4-6,8,12-14,16-17H2,1H3/t18-/m0/s1. The lowest BCUT2D eigenvalue weighted by Gasteiger charge is -2.32. The van der Waals surface area contributed by atoms with E-state index in [4.69, 9.17) is 0 Å². The second kappa shape index (κ2) is 9.36. The third-order valence-electron chi connectivity index (χ3n) is 6.81.